The van der Waals surface area contributed by atoms with E-state index in [1.807, 2.05) is 45.0 Å². The number of hydrogen-bond donors (Lipinski definition) is 3. The Morgan fingerprint density at radius 3 is 2.48 bits per heavy atom. The normalized spacial score (nSPS) is 13.0. The highest BCUT2D eigenvalue weighted by Crippen LogP contribution is 2.32. The molecule has 1 amide bonds. The molecule has 21 heavy (non-hydrogen) atoms. The number of nitrogens with one attached hydrogen (secondary N) is 2. The SMILES string of the molecule is CC(C)(C)C(NC(=O)O)c1ncc(-c2ccc(Br)cc2)[nH]1. The molecule has 6 heteroatoms. The summed E-state index contributed by atoms with van der Waals surface area (Å²) in [7, 11) is 0. The first-order valence-corrected chi connectivity index (χ1v) is 7.37. The van der Waals surface area contributed by atoms with Gasteiger partial charge in [0, 0.05) is 4.47 Å². The number of hydrogen-bond acceptors (Lipinski definition) is 2. The lowest BCUT2D eigenvalue weighted by Crippen LogP contribution is -2.36. The van der Waals surface area contributed by atoms with Gasteiger partial charge in [-0.3, -0.25) is 0 Å². The van der Waals surface area contributed by atoms with E-state index in [2.05, 4.69) is 31.2 Å². The standard InChI is InChI=1S/C15H18BrN3O2/c1-15(2,3)12(19-14(20)21)13-17-8-11(18-13)9-4-6-10(16)7-5-9/h4-8,12,19H,1-3H3,(H,17,18)(H,20,21). The smallest absolute Gasteiger partial charge is 0.405 e. The van der Waals surface area contributed by atoms with Crippen LogP contribution in [0.25, 0.3) is 11.3 Å². The van der Waals surface area contributed by atoms with Crippen molar-refractivity contribution >= 4 is 22.0 Å². The monoisotopic (exact) mass is 351 g/mol. The van der Waals surface area contributed by atoms with Gasteiger partial charge >= 0.3 is 6.09 Å². The van der Waals surface area contributed by atoms with Crippen LogP contribution < -0.4 is 5.32 Å². The van der Waals surface area contributed by atoms with Crippen molar-refractivity contribution < 1.29 is 9.90 Å². The number of amides is 1. The third-order valence-electron chi connectivity index (χ3n) is 3.16. The number of aromatic nitrogens is 2. The van der Waals surface area contributed by atoms with Crippen molar-refractivity contribution in [1.29, 1.82) is 0 Å². The van der Waals surface area contributed by atoms with Crippen LogP contribution in [-0.4, -0.2) is 21.2 Å². The third-order valence-corrected chi connectivity index (χ3v) is 3.69. The average molecular weight is 352 g/mol. The van der Waals surface area contributed by atoms with Gasteiger partial charge in [0.1, 0.15) is 5.82 Å². The number of nitrogens with zero attached hydrogens (tertiary/aromatic N) is 1. The lowest BCUT2D eigenvalue weighted by molar-refractivity contribution is 0.173. The summed E-state index contributed by atoms with van der Waals surface area (Å²) in [5.41, 5.74) is 1.58. The van der Waals surface area contributed by atoms with Gasteiger partial charge in [-0.05, 0) is 23.1 Å². The fourth-order valence-corrected chi connectivity index (χ4v) is 2.34. The molecule has 2 aromatic rings. The Hall–Kier alpha value is -1.82. The van der Waals surface area contributed by atoms with E-state index in [-0.39, 0.29) is 5.41 Å². The Bertz CT molecular complexity index is 629. The van der Waals surface area contributed by atoms with Gasteiger partial charge in [-0.25, -0.2) is 9.78 Å². The first-order valence-electron chi connectivity index (χ1n) is 6.57. The first-order chi connectivity index (χ1) is 9.77. The molecule has 1 unspecified atom stereocenters. The number of carboxylic acid groups (broad SMARTS) is 1. The molecular formula is C15H18BrN3O2. The summed E-state index contributed by atoms with van der Waals surface area (Å²) >= 11 is 3.40. The molecule has 1 aromatic heterocycles. The van der Waals surface area contributed by atoms with Crippen LogP contribution in [0, 0.1) is 5.41 Å². The molecule has 2 rings (SSSR count). The van der Waals surface area contributed by atoms with E-state index in [4.69, 9.17) is 5.11 Å². The van der Waals surface area contributed by atoms with E-state index >= 15 is 0 Å². The number of rotatable bonds is 3. The fraction of sp³-hybridized carbons (Fsp3) is 0.333. The second kappa shape index (κ2) is 5.89. The van der Waals surface area contributed by atoms with E-state index in [1.54, 1.807) is 6.20 Å². The predicted molar refractivity (Wildman–Crippen MR) is 85.1 cm³/mol. The van der Waals surface area contributed by atoms with E-state index in [1.165, 1.54) is 0 Å². The van der Waals surface area contributed by atoms with E-state index in [9.17, 15) is 4.79 Å². The molecule has 0 aliphatic rings. The molecule has 3 N–H and O–H groups in total. The lowest BCUT2D eigenvalue weighted by Gasteiger charge is -2.28. The molecule has 1 atom stereocenters. The highest BCUT2D eigenvalue weighted by atomic mass is 79.9. The molecule has 5 nitrogen and oxygen atoms in total. The quantitative estimate of drug-likeness (QED) is 0.775. The predicted octanol–water partition coefficient (Wildman–Crippen LogP) is 4.19. The average Bonchev–Trinajstić information content (AvgIpc) is 2.84. The Morgan fingerprint density at radius 1 is 1.33 bits per heavy atom. The van der Waals surface area contributed by atoms with Crippen molar-refractivity contribution in [3.8, 4) is 11.3 Å². The van der Waals surface area contributed by atoms with E-state index in [0.717, 1.165) is 15.7 Å². The van der Waals surface area contributed by atoms with Crippen molar-refractivity contribution in [2.75, 3.05) is 0 Å². The molecule has 0 saturated carbocycles. The van der Waals surface area contributed by atoms with Crippen LogP contribution in [-0.2, 0) is 0 Å². The summed E-state index contributed by atoms with van der Waals surface area (Å²) < 4.78 is 1.01. The van der Waals surface area contributed by atoms with E-state index < -0.39 is 12.1 Å². The van der Waals surface area contributed by atoms with Crippen LogP contribution in [0.1, 0.15) is 32.6 Å². The van der Waals surface area contributed by atoms with Gasteiger partial charge in [0.15, 0.2) is 0 Å². The van der Waals surface area contributed by atoms with Crippen LogP contribution in [0.2, 0.25) is 0 Å². The number of imidazole rings is 1. The maximum Gasteiger partial charge on any atom is 0.405 e. The third kappa shape index (κ3) is 3.85. The van der Waals surface area contributed by atoms with Crippen LogP contribution in [0.4, 0.5) is 4.79 Å². The molecule has 0 bridgehead atoms. The van der Waals surface area contributed by atoms with Crippen molar-refractivity contribution in [3.05, 3.63) is 40.8 Å². The molecule has 0 fully saturated rings. The zero-order valence-electron chi connectivity index (χ0n) is 12.1. The second-order valence-electron chi connectivity index (χ2n) is 5.94. The van der Waals surface area contributed by atoms with Gasteiger partial charge in [0.25, 0.3) is 0 Å². The summed E-state index contributed by atoms with van der Waals surface area (Å²) in [4.78, 5) is 18.5. The summed E-state index contributed by atoms with van der Waals surface area (Å²) in [6.07, 6.45) is 0.664. The van der Waals surface area contributed by atoms with Gasteiger partial charge < -0.3 is 15.4 Å². The summed E-state index contributed by atoms with van der Waals surface area (Å²) in [5.74, 6) is 0.614. The Morgan fingerprint density at radius 2 is 1.95 bits per heavy atom. The second-order valence-corrected chi connectivity index (χ2v) is 6.85. The summed E-state index contributed by atoms with van der Waals surface area (Å²) in [6.45, 7) is 5.90. The number of halogens is 1. The van der Waals surface area contributed by atoms with Crippen LogP contribution in [0.3, 0.4) is 0 Å². The minimum atomic E-state index is -1.06. The minimum Gasteiger partial charge on any atom is -0.465 e. The highest BCUT2D eigenvalue weighted by molar-refractivity contribution is 9.10. The van der Waals surface area contributed by atoms with Crippen LogP contribution in [0.15, 0.2) is 34.9 Å². The largest absolute Gasteiger partial charge is 0.465 e. The minimum absolute atomic E-state index is 0.284. The molecule has 112 valence electrons. The molecule has 0 saturated heterocycles. The molecule has 0 radical (unpaired) electrons. The van der Waals surface area contributed by atoms with E-state index in [0.29, 0.717) is 5.82 Å². The molecule has 0 aliphatic carbocycles. The molecule has 1 heterocycles. The zero-order chi connectivity index (χ0) is 15.6. The number of H-pyrrole nitrogens is 1. The molecular weight excluding hydrogens is 334 g/mol. The Kier molecular flexibility index (Phi) is 4.37. The maximum atomic E-state index is 11.0. The van der Waals surface area contributed by atoms with Gasteiger partial charge in [-0.2, -0.15) is 0 Å². The van der Waals surface area contributed by atoms with Crippen LogP contribution in [0.5, 0.6) is 0 Å². The lowest BCUT2D eigenvalue weighted by atomic mass is 9.86. The van der Waals surface area contributed by atoms with Crippen molar-refractivity contribution in [3.63, 3.8) is 0 Å². The van der Waals surface area contributed by atoms with Gasteiger partial charge in [0.2, 0.25) is 0 Å². The number of carbonyl (C=O) groups is 1. The summed E-state index contributed by atoms with van der Waals surface area (Å²) in [5, 5.41) is 11.5. The molecule has 0 spiro atoms. The topological polar surface area (TPSA) is 78.0 Å². The first kappa shape index (κ1) is 15.6. The molecule has 1 aromatic carbocycles. The number of aromatic amines is 1. The van der Waals surface area contributed by atoms with Gasteiger partial charge in [-0.1, -0.05) is 48.8 Å². The zero-order valence-corrected chi connectivity index (χ0v) is 13.7. The van der Waals surface area contributed by atoms with Gasteiger partial charge in [-0.15, -0.1) is 0 Å². The number of benzene rings is 1. The molecule has 0 aliphatic heterocycles. The highest BCUT2D eigenvalue weighted by Gasteiger charge is 2.30. The van der Waals surface area contributed by atoms with Gasteiger partial charge in [0.05, 0.1) is 17.9 Å². The Labute approximate surface area is 131 Å². The summed E-state index contributed by atoms with van der Waals surface area (Å²) in [6, 6.07) is 7.44. The Balaban J connectivity index is 2.32. The fourth-order valence-electron chi connectivity index (χ4n) is 2.08. The van der Waals surface area contributed by atoms with Crippen LogP contribution >= 0.6 is 15.9 Å². The van der Waals surface area contributed by atoms with Crippen molar-refractivity contribution in [2.24, 2.45) is 5.41 Å². The maximum absolute atomic E-state index is 11.0. The van der Waals surface area contributed by atoms with Crippen molar-refractivity contribution in [2.45, 2.75) is 26.8 Å². The van der Waals surface area contributed by atoms with Crippen molar-refractivity contribution in [1.82, 2.24) is 15.3 Å².